The van der Waals surface area contributed by atoms with Crippen molar-refractivity contribution in [2.45, 2.75) is 29.7 Å². The Morgan fingerprint density at radius 3 is 2.12 bits per heavy atom. The van der Waals surface area contributed by atoms with Crippen molar-refractivity contribution in [2.75, 3.05) is 0 Å². The third-order valence-corrected chi connectivity index (χ3v) is 6.16. The van der Waals surface area contributed by atoms with Crippen LogP contribution in [-0.2, 0) is 0 Å². The van der Waals surface area contributed by atoms with Crippen LogP contribution in [0.4, 0.5) is 0 Å². The summed E-state index contributed by atoms with van der Waals surface area (Å²) in [7, 11) is 0. The fourth-order valence-electron chi connectivity index (χ4n) is 3.53. The molecule has 3 aromatic carbocycles. The number of benzene rings is 3. The Hall–Kier alpha value is -2.59. The van der Waals surface area contributed by atoms with Crippen LogP contribution < -0.4 is 0 Å². The predicted octanol–water partition coefficient (Wildman–Crippen LogP) is 5.15. The van der Waals surface area contributed by atoms with Crippen LogP contribution in [0.25, 0.3) is 11.0 Å². The second-order valence-corrected chi connectivity index (χ2v) is 7.62. The van der Waals surface area contributed by atoms with Crippen molar-refractivity contribution in [2.24, 2.45) is 0 Å². The first-order valence-electron chi connectivity index (χ1n) is 8.40. The lowest BCUT2D eigenvalue weighted by atomic mass is 9.97. The number of rotatable bonds is 1. The van der Waals surface area contributed by atoms with E-state index in [0.717, 1.165) is 11.0 Å². The number of hydrogen-bond donors (Lipinski definition) is 0. The molecule has 122 valence electrons. The molecule has 4 aromatic rings. The molecule has 0 N–H and O–H groups in total. The molecule has 1 aromatic heterocycles. The Balaban J connectivity index is 1.81. The van der Waals surface area contributed by atoms with Crippen molar-refractivity contribution < 1.29 is 0 Å². The molecule has 3 nitrogen and oxygen atoms in total. The van der Waals surface area contributed by atoms with E-state index in [-0.39, 0.29) is 6.04 Å². The summed E-state index contributed by atoms with van der Waals surface area (Å²) in [5, 5.41) is 9.00. The minimum atomic E-state index is 0.0563. The van der Waals surface area contributed by atoms with Gasteiger partial charge in [-0.25, -0.2) is 4.68 Å². The zero-order valence-corrected chi connectivity index (χ0v) is 14.9. The van der Waals surface area contributed by atoms with Gasteiger partial charge >= 0.3 is 0 Å². The maximum absolute atomic E-state index is 4.56. The molecule has 1 aliphatic rings. The molecule has 4 heteroatoms. The van der Waals surface area contributed by atoms with Gasteiger partial charge in [0.15, 0.2) is 0 Å². The Labute approximate surface area is 150 Å². The van der Waals surface area contributed by atoms with Gasteiger partial charge in [0.1, 0.15) is 11.6 Å². The molecule has 0 atom stereocenters. The molecule has 0 unspecified atom stereocenters. The van der Waals surface area contributed by atoms with E-state index >= 15 is 0 Å². The maximum atomic E-state index is 4.56. The number of fused-ring (bicyclic) bond motifs is 3. The van der Waals surface area contributed by atoms with Crippen molar-refractivity contribution in [3.63, 3.8) is 0 Å². The molecule has 1 aliphatic heterocycles. The smallest absolute Gasteiger partial charge is 0.113 e. The first-order valence-corrected chi connectivity index (χ1v) is 9.22. The minimum Gasteiger partial charge on any atom is -0.233 e. The van der Waals surface area contributed by atoms with Crippen LogP contribution >= 0.6 is 11.8 Å². The topological polar surface area (TPSA) is 30.7 Å². The van der Waals surface area contributed by atoms with Crippen LogP contribution in [0.15, 0.2) is 70.5 Å². The second kappa shape index (κ2) is 5.46. The number of aromatic nitrogens is 3. The molecular weight excluding hydrogens is 326 g/mol. The van der Waals surface area contributed by atoms with Crippen LogP contribution in [0.3, 0.4) is 0 Å². The average Bonchev–Trinajstić information content (AvgIpc) is 3.02. The first-order chi connectivity index (χ1) is 12.2. The molecule has 5 rings (SSSR count). The molecule has 0 spiro atoms. The predicted molar refractivity (Wildman–Crippen MR) is 101 cm³/mol. The van der Waals surface area contributed by atoms with E-state index in [1.807, 2.05) is 11.8 Å². The van der Waals surface area contributed by atoms with Crippen molar-refractivity contribution in [3.05, 3.63) is 82.9 Å². The highest BCUT2D eigenvalue weighted by molar-refractivity contribution is 7.99. The lowest BCUT2D eigenvalue weighted by molar-refractivity contribution is 0.571. The van der Waals surface area contributed by atoms with E-state index < -0.39 is 0 Å². The van der Waals surface area contributed by atoms with E-state index in [9.17, 15) is 0 Å². The van der Waals surface area contributed by atoms with Crippen LogP contribution in [0.1, 0.15) is 28.3 Å². The number of nitrogens with zero attached hydrogens (tertiary/aromatic N) is 3. The highest BCUT2D eigenvalue weighted by Crippen LogP contribution is 2.46. The van der Waals surface area contributed by atoms with Gasteiger partial charge in [-0.2, -0.15) is 0 Å². The fourth-order valence-corrected chi connectivity index (χ4v) is 4.66. The van der Waals surface area contributed by atoms with Crippen LogP contribution in [-0.4, -0.2) is 15.0 Å². The zero-order chi connectivity index (χ0) is 17.0. The molecule has 0 fully saturated rings. The lowest BCUT2D eigenvalue weighted by Gasteiger charge is -2.28. The van der Waals surface area contributed by atoms with Gasteiger partial charge in [0.05, 0.1) is 5.52 Å². The normalized spacial score (nSPS) is 13.7. The summed E-state index contributed by atoms with van der Waals surface area (Å²) in [5.74, 6) is 0. The second-order valence-electron chi connectivity index (χ2n) is 6.54. The molecule has 2 heterocycles. The monoisotopic (exact) mass is 343 g/mol. The standard InChI is InChI=1S/C21H17N3S/c1-13-11-17-18(12-14(13)2)24(23-22-17)21-15-7-3-5-9-19(15)25-20-10-6-4-8-16(20)21/h3-12,21H,1-2H3. The summed E-state index contributed by atoms with van der Waals surface area (Å²) >= 11 is 1.83. The largest absolute Gasteiger partial charge is 0.233 e. The quantitative estimate of drug-likeness (QED) is 0.422. The molecule has 0 saturated heterocycles. The Morgan fingerprint density at radius 2 is 1.44 bits per heavy atom. The molecule has 0 bridgehead atoms. The Bertz CT molecular complexity index is 1070. The van der Waals surface area contributed by atoms with E-state index in [4.69, 9.17) is 0 Å². The molecule has 25 heavy (non-hydrogen) atoms. The van der Waals surface area contributed by atoms with Crippen molar-refractivity contribution >= 4 is 22.8 Å². The summed E-state index contributed by atoms with van der Waals surface area (Å²) in [4.78, 5) is 2.58. The van der Waals surface area contributed by atoms with Gasteiger partial charge in [0.25, 0.3) is 0 Å². The minimum absolute atomic E-state index is 0.0563. The summed E-state index contributed by atoms with van der Waals surface area (Å²) in [6.45, 7) is 4.26. The van der Waals surface area contributed by atoms with Gasteiger partial charge in [-0.05, 0) is 60.4 Å². The van der Waals surface area contributed by atoms with Crippen LogP contribution in [0, 0.1) is 13.8 Å². The number of aryl methyl sites for hydroxylation is 2. The third-order valence-electron chi connectivity index (χ3n) is 4.98. The van der Waals surface area contributed by atoms with Gasteiger partial charge in [-0.15, -0.1) is 5.10 Å². The van der Waals surface area contributed by atoms with Gasteiger partial charge in [-0.1, -0.05) is 53.4 Å². The molecule has 0 radical (unpaired) electrons. The highest BCUT2D eigenvalue weighted by Gasteiger charge is 2.29. The van der Waals surface area contributed by atoms with Crippen molar-refractivity contribution in [1.82, 2.24) is 15.0 Å². The van der Waals surface area contributed by atoms with Gasteiger partial charge in [-0.3, -0.25) is 0 Å². The van der Waals surface area contributed by atoms with E-state index in [1.165, 1.54) is 32.0 Å². The van der Waals surface area contributed by atoms with Crippen LogP contribution in [0.2, 0.25) is 0 Å². The third kappa shape index (κ3) is 2.21. The van der Waals surface area contributed by atoms with E-state index in [1.54, 1.807) is 0 Å². The lowest BCUT2D eigenvalue weighted by Crippen LogP contribution is -2.18. The van der Waals surface area contributed by atoms with Gasteiger partial charge in [0.2, 0.25) is 0 Å². The Kier molecular flexibility index (Phi) is 3.22. The maximum Gasteiger partial charge on any atom is 0.113 e. The molecular formula is C21H17N3S. The SMILES string of the molecule is Cc1cc2nnn(C3c4ccccc4Sc4ccccc43)c2cc1C. The average molecular weight is 343 g/mol. The van der Waals surface area contributed by atoms with Gasteiger partial charge < -0.3 is 0 Å². The van der Waals surface area contributed by atoms with Crippen molar-refractivity contribution in [1.29, 1.82) is 0 Å². The molecule has 0 amide bonds. The zero-order valence-electron chi connectivity index (χ0n) is 14.1. The summed E-state index contributed by atoms with van der Waals surface area (Å²) in [6.07, 6.45) is 0. The van der Waals surface area contributed by atoms with Gasteiger partial charge in [0, 0.05) is 9.79 Å². The van der Waals surface area contributed by atoms with E-state index in [2.05, 4.69) is 89.5 Å². The summed E-state index contributed by atoms with van der Waals surface area (Å²) < 4.78 is 2.08. The number of hydrogen-bond acceptors (Lipinski definition) is 3. The summed E-state index contributed by atoms with van der Waals surface area (Å²) in [5.41, 5.74) is 7.13. The van der Waals surface area contributed by atoms with Crippen molar-refractivity contribution in [3.8, 4) is 0 Å². The van der Waals surface area contributed by atoms with E-state index in [0.29, 0.717) is 0 Å². The first kappa shape index (κ1) is 14.7. The highest BCUT2D eigenvalue weighted by atomic mass is 32.2. The molecule has 0 aliphatic carbocycles. The molecule has 0 saturated carbocycles. The Morgan fingerprint density at radius 1 is 0.840 bits per heavy atom. The van der Waals surface area contributed by atoms with Crippen LogP contribution in [0.5, 0.6) is 0 Å². The summed E-state index contributed by atoms with van der Waals surface area (Å²) in [6, 6.07) is 21.6. The fraction of sp³-hybridized carbons (Fsp3) is 0.143.